The van der Waals surface area contributed by atoms with Gasteiger partial charge in [0, 0.05) is 11.4 Å². The molecule has 2 rings (SSSR count). The summed E-state index contributed by atoms with van der Waals surface area (Å²) in [5.41, 5.74) is 9.00. The summed E-state index contributed by atoms with van der Waals surface area (Å²) in [5.74, 6) is -0.164. The van der Waals surface area contributed by atoms with Crippen molar-refractivity contribution in [3.8, 4) is 0 Å². The van der Waals surface area contributed by atoms with E-state index in [1.807, 2.05) is 26.0 Å². The molecule has 0 saturated heterocycles. The number of rotatable bonds is 2. The van der Waals surface area contributed by atoms with Crippen molar-refractivity contribution < 1.29 is 9.21 Å². The Morgan fingerprint density at radius 3 is 2.61 bits per heavy atom. The van der Waals surface area contributed by atoms with Crippen LogP contribution >= 0.6 is 11.6 Å². The Labute approximate surface area is 110 Å². The van der Waals surface area contributed by atoms with Crippen LogP contribution in [0.2, 0.25) is 5.22 Å². The molecule has 1 aromatic heterocycles. The summed E-state index contributed by atoms with van der Waals surface area (Å²) in [6, 6.07) is 6.70. The van der Waals surface area contributed by atoms with Crippen LogP contribution in [0, 0.1) is 13.8 Å². The number of nitrogens with two attached hydrogens (primary N) is 1. The molecule has 1 heterocycles. The number of hydrogen-bond acceptors (Lipinski definition) is 3. The second-order valence-corrected chi connectivity index (χ2v) is 4.45. The number of anilines is 2. The van der Waals surface area contributed by atoms with E-state index < -0.39 is 0 Å². The van der Waals surface area contributed by atoms with Gasteiger partial charge in [0.2, 0.25) is 0 Å². The van der Waals surface area contributed by atoms with Crippen LogP contribution in [-0.2, 0) is 0 Å². The fourth-order valence-corrected chi connectivity index (χ4v) is 1.74. The molecule has 3 N–H and O–H groups in total. The van der Waals surface area contributed by atoms with E-state index >= 15 is 0 Å². The maximum atomic E-state index is 11.9. The van der Waals surface area contributed by atoms with Crippen molar-refractivity contribution in [3.63, 3.8) is 0 Å². The van der Waals surface area contributed by atoms with Crippen molar-refractivity contribution in [1.82, 2.24) is 0 Å². The minimum Gasteiger partial charge on any atom is -0.440 e. The third-order valence-electron chi connectivity index (χ3n) is 2.66. The van der Waals surface area contributed by atoms with Gasteiger partial charge in [0.1, 0.15) is 0 Å². The standard InChI is InChI=1S/C13H13ClN2O2/c1-7-6-10(8(2)5-9(7)15)16-13(17)11-3-4-12(14)18-11/h3-6H,15H2,1-2H3,(H,16,17). The first-order valence-corrected chi connectivity index (χ1v) is 5.78. The zero-order valence-electron chi connectivity index (χ0n) is 10.1. The monoisotopic (exact) mass is 264 g/mol. The molecule has 5 heteroatoms. The molecule has 0 bridgehead atoms. The second-order valence-electron chi connectivity index (χ2n) is 4.08. The van der Waals surface area contributed by atoms with E-state index in [9.17, 15) is 4.79 Å². The van der Waals surface area contributed by atoms with Gasteiger partial charge in [-0.3, -0.25) is 4.79 Å². The van der Waals surface area contributed by atoms with E-state index in [1.54, 1.807) is 0 Å². The highest BCUT2D eigenvalue weighted by molar-refractivity contribution is 6.29. The van der Waals surface area contributed by atoms with Crippen molar-refractivity contribution in [2.45, 2.75) is 13.8 Å². The molecule has 0 radical (unpaired) electrons. The van der Waals surface area contributed by atoms with Crippen molar-refractivity contribution in [2.75, 3.05) is 11.1 Å². The Morgan fingerprint density at radius 1 is 1.28 bits per heavy atom. The van der Waals surface area contributed by atoms with Crippen molar-refractivity contribution in [2.24, 2.45) is 0 Å². The Bertz CT molecular complexity index is 605. The maximum absolute atomic E-state index is 11.9. The minimum atomic E-state index is -0.339. The number of carbonyl (C=O) groups is 1. The van der Waals surface area contributed by atoms with Crippen molar-refractivity contribution in [3.05, 3.63) is 46.4 Å². The number of nitrogen functional groups attached to an aromatic ring is 1. The van der Waals surface area contributed by atoms with Crippen LogP contribution in [0.1, 0.15) is 21.7 Å². The molecule has 1 aromatic carbocycles. The highest BCUT2D eigenvalue weighted by Crippen LogP contribution is 2.23. The quantitative estimate of drug-likeness (QED) is 0.817. The first-order valence-electron chi connectivity index (χ1n) is 5.41. The average Bonchev–Trinajstić information content (AvgIpc) is 2.73. The third kappa shape index (κ3) is 2.49. The molecule has 0 aliphatic rings. The predicted octanol–water partition coefficient (Wildman–Crippen LogP) is 3.38. The minimum absolute atomic E-state index is 0.175. The Balaban J connectivity index is 2.24. The van der Waals surface area contributed by atoms with Crippen LogP contribution in [0.5, 0.6) is 0 Å². The summed E-state index contributed by atoms with van der Waals surface area (Å²) in [5, 5.41) is 2.95. The number of hydrogen-bond donors (Lipinski definition) is 2. The molecule has 4 nitrogen and oxygen atoms in total. The Hall–Kier alpha value is -1.94. The number of carbonyl (C=O) groups excluding carboxylic acids is 1. The number of nitrogens with one attached hydrogen (secondary N) is 1. The maximum Gasteiger partial charge on any atom is 0.291 e. The fraction of sp³-hybridized carbons (Fsp3) is 0.154. The lowest BCUT2D eigenvalue weighted by Gasteiger charge is -2.10. The third-order valence-corrected chi connectivity index (χ3v) is 2.86. The van der Waals surface area contributed by atoms with Gasteiger partial charge in [0.15, 0.2) is 11.0 Å². The molecular formula is C13H13ClN2O2. The van der Waals surface area contributed by atoms with E-state index in [4.69, 9.17) is 21.8 Å². The van der Waals surface area contributed by atoms with E-state index in [2.05, 4.69) is 5.32 Å². The second kappa shape index (κ2) is 4.74. The lowest BCUT2D eigenvalue weighted by molar-refractivity contribution is 0.0996. The number of amides is 1. The van der Waals surface area contributed by atoms with E-state index in [-0.39, 0.29) is 16.9 Å². The van der Waals surface area contributed by atoms with Gasteiger partial charge < -0.3 is 15.5 Å². The van der Waals surface area contributed by atoms with E-state index in [1.165, 1.54) is 12.1 Å². The SMILES string of the molecule is Cc1cc(NC(=O)c2ccc(Cl)o2)c(C)cc1N. The lowest BCUT2D eigenvalue weighted by Crippen LogP contribution is -2.12. The number of furan rings is 1. The van der Waals surface area contributed by atoms with Gasteiger partial charge in [0.05, 0.1) is 0 Å². The summed E-state index contributed by atoms with van der Waals surface area (Å²) < 4.78 is 5.04. The Kier molecular flexibility index (Phi) is 3.30. The molecule has 2 aromatic rings. The summed E-state index contributed by atoms with van der Waals surface area (Å²) in [6.45, 7) is 3.76. The Morgan fingerprint density at radius 2 is 2.00 bits per heavy atom. The lowest BCUT2D eigenvalue weighted by atomic mass is 10.1. The molecule has 94 valence electrons. The summed E-state index contributed by atoms with van der Waals surface area (Å²) >= 11 is 5.62. The van der Waals surface area contributed by atoms with E-state index in [0.717, 1.165) is 11.1 Å². The van der Waals surface area contributed by atoms with Crippen molar-refractivity contribution >= 4 is 28.9 Å². The molecule has 0 fully saturated rings. The summed E-state index contributed by atoms with van der Waals surface area (Å²) in [4.78, 5) is 11.9. The smallest absolute Gasteiger partial charge is 0.291 e. The molecule has 0 atom stereocenters. The van der Waals surface area contributed by atoms with Crippen LogP contribution in [0.3, 0.4) is 0 Å². The number of halogens is 1. The number of benzene rings is 1. The zero-order valence-corrected chi connectivity index (χ0v) is 10.8. The van der Waals surface area contributed by atoms with Crippen LogP contribution in [0.15, 0.2) is 28.7 Å². The highest BCUT2D eigenvalue weighted by Gasteiger charge is 2.12. The van der Waals surface area contributed by atoms with E-state index in [0.29, 0.717) is 11.4 Å². The average molecular weight is 265 g/mol. The van der Waals surface area contributed by atoms with Gasteiger partial charge in [-0.2, -0.15) is 0 Å². The molecule has 18 heavy (non-hydrogen) atoms. The van der Waals surface area contributed by atoms with Gasteiger partial charge >= 0.3 is 0 Å². The van der Waals surface area contributed by atoms with Gasteiger partial charge in [-0.05, 0) is 60.8 Å². The first-order chi connectivity index (χ1) is 8.47. The van der Waals surface area contributed by atoms with Gasteiger partial charge in [0.25, 0.3) is 5.91 Å². The molecule has 0 unspecified atom stereocenters. The molecule has 0 aliphatic carbocycles. The van der Waals surface area contributed by atoms with Gasteiger partial charge in [-0.1, -0.05) is 0 Å². The van der Waals surface area contributed by atoms with Crippen LogP contribution in [0.4, 0.5) is 11.4 Å². The molecule has 0 saturated carbocycles. The van der Waals surface area contributed by atoms with Crippen LogP contribution < -0.4 is 11.1 Å². The van der Waals surface area contributed by atoms with Crippen molar-refractivity contribution in [1.29, 1.82) is 0 Å². The summed E-state index contributed by atoms with van der Waals surface area (Å²) in [6.07, 6.45) is 0. The topological polar surface area (TPSA) is 68.3 Å². The zero-order chi connectivity index (χ0) is 13.3. The first kappa shape index (κ1) is 12.5. The number of aryl methyl sites for hydroxylation is 2. The highest BCUT2D eigenvalue weighted by atomic mass is 35.5. The van der Waals surface area contributed by atoms with Gasteiger partial charge in [-0.15, -0.1) is 0 Å². The summed E-state index contributed by atoms with van der Waals surface area (Å²) in [7, 11) is 0. The predicted molar refractivity (Wildman–Crippen MR) is 72.0 cm³/mol. The molecule has 1 amide bonds. The largest absolute Gasteiger partial charge is 0.440 e. The van der Waals surface area contributed by atoms with Crippen LogP contribution in [0.25, 0.3) is 0 Å². The van der Waals surface area contributed by atoms with Crippen LogP contribution in [-0.4, -0.2) is 5.91 Å². The normalized spacial score (nSPS) is 10.4. The molecule has 0 spiro atoms. The van der Waals surface area contributed by atoms with Gasteiger partial charge in [-0.25, -0.2) is 0 Å². The molecule has 0 aliphatic heterocycles. The fourth-order valence-electron chi connectivity index (χ4n) is 1.59. The molecular weight excluding hydrogens is 252 g/mol.